The van der Waals surface area contributed by atoms with Crippen LogP contribution in [-0.2, 0) is 22.4 Å². The van der Waals surface area contributed by atoms with Crippen LogP contribution in [0, 0.1) is 0 Å². The van der Waals surface area contributed by atoms with Gasteiger partial charge in [0.15, 0.2) is 22.9 Å². The monoisotopic (exact) mass is 1080 g/mol. The van der Waals surface area contributed by atoms with E-state index in [1.807, 2.05) is 64.1 Å². The number of aryl methyl sites for hydroxylation is 2. The summed E-state index contributed by atoms with van der Waals surface area (Å²) in [7, 11) is 3.36. The molecule has 0 bridgehead atoms. The predicted octanol–water partition coefficient (Wildman–Crippen LogP) is 5.63. The molecule has 8 aromatic rings. The van der Waals surface area contributed by atoms with E-state index in [4.69, 9.17) is 39.1 Å². The van der Waals surface area contributed by atoms with Gasteiger partial charge in [-0.3, -0.25) is 4.79 Å². The number of hydrogen-bond acceptors (Lipinski definition) is 19. The largest absolute Gasteiger partial charge is 0.495 e. The third-order valence-electron chi connectivity index (χ3n) is 13.8. The fourth-order valence-electron chi connectivity index (χ4n) is 9.71. The number of anilines is 6. The molecule has 1 amide bonds. The molecule has 4 aliphatic rings. The molecule has 2 saturated heterocycles. The SMILES string of the molecule is COc1cc(Nc2nc(-c3cnc4c(c3)CCCO4)cn3ccnc23)ccc1N1CCN(C(=O)[C@H](C)O)CC1.COc1cc(Nc2nc(-c3cnc4c(c3)CCCO4)cn3ccnc23)ccc1N1CCNCC1.C[C@H](O)C(=O)O. The third kappa shape index (κ3) is 12.3. The second kappa shape index (κ2) is 24.3. The fourth-order valence-corrected chi connectivity index (χ4v) is 9.71. The van der Waals surface area contributed by atoms with Crippen LogP contribution in [-0.4, -0.2) is 163 Å². The Bertz CT molecular complexity index is 3440. The number of aliphatic hydroxyl groups excluding tert-OH is 2. The molecule has 0 saturated carbocycles. The second-order valence-corrected chi connectivity index (χ2v) is 19.3. The van der Waals surface area contributed by atoms with Crippen LogP contribution in [0.15, 0.2) is 98.1 Å². The number of methoxy groups -OCH3 is 2. The van der Waals surface area contributed by atoms with Gasteiger partial charge in [-0.2, -0.15) is 0 Å². The number of carbonyl (C=O) groups excluding carboxylic acids is 1. The molecule has 23 nitrogen and oxygen atoms in total. The van der Waals surface area contributed by atoms with E-state index in [-0.39, 0.29) is 5.91 Å². The van der Waals surface area contributed by atoms with Gasteiger partial charge >= 0.3 is 5.97 Å². The first-order valence-electron chi connectivity index (χ1n) is 26.3. The number of amides is 1. The zero-order valence-corrected chi connectivity index (χ0v) is 44.5. The van der Waals surface area contributed by atoms with Crippen LogP contribution in [0.2, 0.25) is 0 Å². The summed E-state index contributed by atoms with van der Waals surface area (Å²) in [5, 5.41) is 35.7. The van der Waals surface area contributed by atoms with Crippen molar-refractivity contribution in [3.05, 3.63) is 109 Å². The number of carbonyl (C=O) groups is 2. The highest BCUT2D eigenvalue weighted by molar-refractivity contribution is 5.81. The van der Waals surface area contributed by atoms with Crippen LogP contribution in [0.3, 0.4) is 0 Å². The summed E-state index contributed by atoms with van der Waals surface area (Å²) in [4.78, 5) is 55.7. The number of imidazole rings is 2. The zero-order chi connectivity index (χ0) is 55.0. The smallest absolute Gasteiger partial charge is 0.332 e. The van der Waals surface area contributed by atoms with Gasteiger partial charge in [-0.15, -0.1) is 0 Å². The van der Waals surface area contributed by atoms with Gasteiger partial charge in [0.2, 0.25) is 11.8 Å². The highest BCUT2D eigenvalue weighted by Crippen LogP contribution is 2.37. The number of nitrogens with zero attached hydrogens (tertiary/aromatic N) is 11. The van der Waals surface area contributed by atoms with E-state index in [0.717, 1.165) is 132 Å². The predicted molar refractivity (Wildman–Crippen MR) is 297 cm³/mol. The van der Waals surface area contributed by atoms with E-state index < -0.39 is 18.2 Å². The Morgan fingerprint density at radius 3 is 1.56 bits per heavy atom. The number of aromatic nitrogens is 8. The molecule has 0 spiro atoms. The number of aliphatic carboxylic acids is 1. The minimum absolute atomic E-state index is 0.235. The molecule has 2 atom stereocenters. The third-order valence-corrected chi connectivity index (χ3v) is 13.8. The number of carboxylic acid groups (broad SMARTS) is 1. The summed E-state index contributed by atoms with van der Waals surface area (Å²) in [6.45, 7) is 10.4. The molecule has 10 heterocycles. The second-order valence-electron chi connectivity index (χ2n) is 19.3. The normalized spacial score (nSPS) is 15.6. The van der Waals surface area contributed by atoms with Gasteiger partial charge in [0, 0.05) is 148 Å². The Labute approximate surface area is 455 Å². The van der Waals surface area contributed by atoms with Gasteiger partial charge in [-0.25, -0.2) is 34.7 Å². The molecule has 412 valence electrons. The maximum Gasteiger partial charge on any atom is 0.332 e. The Morgan fingerprint density at radius 1 is 0.646 bits per heavy atom. The first-order chi connectivity index (χ1) is 38.4. The van der Waals surface area contributed by atoms with Crippen molar-refractivity contribution in [1.82, 2.24) is 48.9 Å². The van der Waals surface area contributed by atoms with Crippen LogP contribution in [0.4, 0.5) is 34.4 Å². The first-order valence-corrected chi connectivity index (χ1v) is 26.3. The van der Waals surface area contributed by atoms with Crippen LogP contribution < -0.4 is 44.7 Å². The average molecular weight is 1080 g/mol. The number of carboxylic acids is 1. The van der Waals surface area contributed by atoms with E-state index in [1.54, 1.807) is 37.7 Å². The number of nitrogens with one attached hydrogen (secondary N) is 3. The summed E-state index contributed by atoms with van der Waals surface area (Å²) in [6, 6.07) is 16.3. The van der Waals surface area contributed by atoms with Crippen molar-refractivity contribution < 1.29 is 43.9 Å². The minimum atomic E-state index is -1.23. The number of fused-ring (bicyclic) bond motifs is 4. The molecule has 4 aliphatic heterocycles. The highest BCUT2D eigenvalue weighted by atomic mass is 16.5. The zero-order valence-electron chi connectivity index (χ0n) is 44.5. The molecule has 79 heavy (non-hydrogen) atoms. The van der Waals surface area contributed by atoms with Gasteiger partial charge in [-0.05, 0) is 75.9 Å². The van der Waals surface area contributed by atoms with Crippen LogP contribution in [0.25, 0.3) is 33.8 Å². The van der Waals surface area contributed by atoms with Gasteiger partial charge in [0.25, 0.3) is 5.91 Å². The lowest BCUT2D eigenvalue weighted by Crippen LogP contribution is -2.51. The number of piperazine rings is 2. The molecule has 0 unspecified atom stereocenters. The van der Waals surface area contributed by atoms with Gasteiger partial charge in [0.1, 0.15) is 23.7 Å². The lowest BCUT2D eigenvalue weighted by molar-refractivity contribution is -0.145. The van der Waals surface area contributed by atoms with Crippen molar-refractivity contribution >= 4 is 57.6 Å². The number of aliphatic hydroxyl groups is 2. The van der Waals surface area contributed by atoms with Crippen molar-refractivity contribution in [2.24, 2.45) is 0 Å². The number of ether oxygens (including phenoxy) is 4. The van der Waals surface area contributed by atoms with Crippen LogP contribution in [0.5, 0.6) is 23.3 Å². The van der Waals surface area contributed by atoms with Crippen molar-refractivity contribution in [2.45, 2.75) is 51.7 Å². The maximum atomic E-state index is 12.1. The van der Waals surface area contributed by atoms with Gasteiger partial charge in [0.05, 0.1) is 50.2 Å². The van der Waals surface area contributed by atoms with E-state index in [9.17, 15) is 14.7 Å². The Morgan fingerprint density at radius 2 is 1.11 bits per heavy atom. The number of rotatable bonds is 12. The Hall–Kier alpha value is -8.80. The van der Waals surface area contributed by atoms with Crippen molar-refractivity contribution in [3.8, 4) is 45.8 Å². The average Bonchev–Trinajstić information content (AvgIpc) is 4.31. The Kier molecular flexibility index (Phi) is 16.5. The van der Waals surface area contributed by atoms with E-state index in [1.165, 1.54) is 13.8 Å². The summed E-state index contributed by atoms with van der Waals surface area (Å²) in [5.41, 5.74) is 10.9. The molecule has 0 aliphatic carbocycles. The molecule has 2 fully saturated rings. The van der Waals surface area contributed by atoms with Crippen molar-refractivity contribution in [3.63, 3.8) is 0 Å². The Balaban J connectivity index is 0.000000163. The summed E-state index contributed by atoms with van der Waals surface area (Å²) in [6.07, 6.45) is 16.6. The first kappa shape index (κ1) is 53.6. The fraction of sp³-hybridized carbons (Fsp3) is 0.357. The standard InChI is InChI=1S/C28H31N7O4.C25H27N7O2.C3H6O3/c1-18(36)28(37)34-11-9-33(10-12-34)23-6-5-21(15-24(23)38-2)31-25-26-29-7-8-35(26)17-22(32-25)20-14-19-4-3-13-39-27(19)30-16-20;1-33-22-14-19(4-5-21(22)31-9-6-26-7-10-31)29-23-24-27-8-11-32(24)16-20(30-23)18-13-17-3-2-12-34-25(17)28-15-18;1-2(4)3(5)6/h5-8,14-18,36H,3-4,9-13H2,1-2H3,(H,31,32);4-5,8,11,13-16,26H,2-3,6-7,9-10,12H2,1H3,(H,29,30);2,4H,1H3,(H,5,6)/t18-;;2-/m0.0/s1. The molecule has 0 radical (unpaired) electrons. The lowest BCUT2D eigenvalue weighted by Gasteiger charge is -2.37. The molecule has 12 rings (SSSR count). The summed E-state index contributed by atoms with van der Waals surface area (Å²) in [5.74, 6) is 2.85. The van der Waals surface area contributed by atoms with Crippen molar-refractivity contribution in [2.75, 3.05) is 100 Å². The molecule has 6 N–H and O–H groups in total. The highest BCUT2D eigenvalue weighted by Gasteiger charge is 2.26. The number of hydrogen-bond donors (Lipinski definition) is 6. The maximum absolute atomic E-state index is 12.1. The quantitative estimate of drug-likeness (QED) is 0.0866. The van der Waals surface area contributed by atoms with Gasteiger partial charge in [-0.1, -0.05) is 0 Å². The molecule has 2 aromatic carbocycles. The number of benzene rings is 2. The van der Waals surface area contributed by atoms with Crippen molar-refractivity contribution in [1.29, 1.82) is 0 Å². The van der Waals surface area contributed by atoms with E-state index in [2.05, 4.69) is 70.0 Å². The van der Waals surface area contributed by atoms with Gasteiger partial charge < -0.3 is 73.7 Å². The molecular weight excluding hydrogens is 1010 g/mol. The topological polar surface area (TPSA) is 264 Å². The number of pyridine rings is 2. The lowest BCUT2D eigenvalue weighted by atomic mass is 10.1. The van der Waals surface area contributed by atoms with E-state index in [0.29, 0.717) is 61.7 Å². The van der Waals surface area contributed by atoms with Crippen LogP contribution in [0.1, 0.15) is 37.8 Å². The van der Waals surface area contributed by atoms with E-state index >= 15 is 0 Å². The molecular formula is C56H64N14O9. The van der Waals surface area contributed by atoms with Crippen LogP contribution >= 0.6 is 0 Å². The summed E-state index contributed by atoms with van der Waals surface area (Å²) < 4.78 is 26.7. The molecule has 6 aromatic heterocycles. The minimum Gasteiger partial charge on any atom is -0.495 e. The molecule has 23 heteroatoms. The summed E-state index contributed by atoms with van der Waals surface area (Å²) >= 11 is 0.